The normalized spacial score (nSPS) is 15.7. The van der Waals surface area contributed by atoms with Gasteiger partial charge in [-0.05, 0) is 48.7 Å². The van der Waals surface area contributed by atoms with Crippen LogP contribution in [-0.2, 0) is 0 Å². The Hall–Kier alpha value is -1.89. The van der Waals surface area contributed by atoms with Crippen molar-refractivity contribution in [2.24, 2.45) is 0 Å². The number of carbonyl (C=O) groups excluding carboxylic acids is 1. The summed E-state index contributed by atoms with van der Waals surface area (Å²) in [5.74, 6) is 0.283. The molecule has 0 radical (unpaired) electrons. The molecule has 1 aromatic carbocycles. The summed E-state index contributed by atoms with van der Waals surface area (Å²) >= 11 is 12.1. The van der Waals surface area contributed by atoms with E-state index in [0.29, 0.717) is 29.2 Å². The number of benzene rings is 1. The van der Waals surface area contributed by atoms with Gasteiger partial charge in [-0.2, -0.15) is 0 Å². The van der Waals surface area contributed by atoms with Crippen LogP contribution in [0.2, 0.25) is 10.3 Å². The van der Waals surface area contributed by atoms with Crippen LogP contribution in [0.25, 0.3) is 0 Å². The Morgan fingerprint density at radius 1 is 1.31 bits per heavy atom. The van der Waals surface area contributed by atoms with Crippen molar-refractivity contribution in [2.75, 3.05) is 18.5 Å². The number of carbonyl (C=O) groups is 1. The first kappa shape index (κ1) is 18.9. The van der Waals surface area contributed by atoms with Crippen molar-refractivity contribution < 1.29 is 9.90 Å². The molecule has 0 atom stereocenters. The van der Waals surface area contributed by atoms with E-state index in [2.05, 4.69) is 15.3 Å². The minimum atomic E-state index is -0.811. The third-order valence-corrected chi connectivity index (χ3v) is 5.16. The quantitative estimate of drug-likeness (QED) is 0.757. The number of nitrogens with zero attached hydrogens (tertiary/aromatic N) is 3. The topological polar surface area (TPSA) is 78.4 Å². The van der Waals surface area contributed by atoms with Gasteiger partial charge in [0.1, 0.15) is 5.82 Å². The highest BCUT2D eigenvalue weighted by molar-refractivity contribution is 6.34. The maximum absolute atomic E-state index is 12.6. The lowest BCUT2D eigenvalue weighted by molar-refractivity contribution is 0.0449. The smallest absolute Gasteiger partial charge is 0.252 e. The van der Waals surface area contributed by atoms with Crippen LogP contribution in [0, 0.1) is 0 Å². The fourth-order valence-electron chi connectivity index (χ4n) is 3.09. The van der Waals surface area contributed by atoms with Crippen LogP contribution in [0.5, 0.6) is 0 Å². The van der Waals surface area contributed by atoms with Crippen LogP contribution in [0.3, 0.4) is 0 Å². The zero-order valence-electron chi connectivity index (χ0n) is 14.4. The molecule has 1 aliphatic carbocycles. The summed E-state index contributed by atoms with van der Waals surface area (Å²) in [7, 11) is 1.81. The Balaban J connectivity index is 1.77. The average molecular weight is 395 g/mol. The first-order valence-electron chi connectivity index (χ1n) is 8.40. The van der Waals surface area contributed by atoms with Crippen LogP contribution >= 0.6 is 23.2 Å². The van der Waals surface area contributed by atoms with E-state index in [4.69, 9.17) is 23.2 Å². The van der Waals surface area contributed by atoms with E-state index in [1.54, 1.807) is 35.4 Å². The van der Waals surface area contributed by atoms with Crippen LogP contribution < -0.4 is 10.2 Å². The van der Waals surface area contributed by atoms with Crippen molar-refractivity contribution in [3.05, 3.63) is 46.3 Å². The number of anilines is 2. The molecule has 1 aromatic heterocycles. The molecule has 1 heterocycles. The highest BCUT2D eigenvalue weighted by Crippen LogP contribution is 2.30. The molecular weight excluding hydrogens is 375 g/mol. The molecule has 3 rings (SSSR count). The van der Waals surface area contributed by atoms with Gasteiger partial charge >= 0.3 is 0 Å². The first-order chi connectivity index (χ1) is 12.4. The molecule has 2 N–H and O–H groups in total. The molecule has 1 amide bonds. The summed E-state index contributed by atoms with van der Waals surface area (Å²) < 4.78 is 0. The third-order valence-electron chi connectivity index (χ3n) is 4.65. The van der Waals surface area contributed by atoms with Gasteiger partial charge in [0, 0.05) is 25.5 Å². The standard InChI is InChI=1S/C18H20Cl2N4O2/c1-24(15-6-9-21-17(20)23-15)12-4-5-14(19)13(10-12)16(25)22-11-18(26)7-2-3-8-18/h4-6,9-10,26H,2-3,7-8,11H2,1H3,(H,22,25). The number of hydrogen-bond donors (Lipinski definition) is 2. The molecule has 8 heteroatoms. The number of nitrogens with one attached hydrogen (secondary N) is 1. The van der Waals surface area contributed by atoms with Gasteiger partial charge in [-0.1, -0.05) is 24.4 Å². The number of aliphatic hydroxyl groups is 1. The van der Waals surface area contributed by atoms with Gasteiger partial charge in [0.05, 0.1) is 16.2 Å². The number of halogens is 2. The number of amides is 1. The maximum atomic E-state index is 12.6. The van der Waals surface area contributed by atoms with Crippen LogP contribution in [0.1, 0.15) is 36.0 Å². The fourth-order valence-corrected chi connectivity index (χ4v) is 3.44. The van der Waals surface area contributed by atoms with Gasteiger partial charge in [0.25, 0.3) is 5.91 Å². The van der Waals surface area contributed by atoms with Crippen LogP contribution in [0.15, 0.2) is 30.5 Å². The number of aromatic nitrogens is 2. The second-order valence-corrected chi connectivity index (χ2v) is 7.27. The third kappa shape index (κ3) is 4.26. The molecule has 138 valence electrons. The summed E-state index contributed by atoms with van der Waals surface area (Å²) in [6.45, 7) is 0.226. The summed E-state index contributed by atoms with van der Waals surface area (Å²) in [4.78, 5) is 22.4. The maximum Gasteiger partial charge on any atom is 0.252 e. The van der Waals surface area contributed by atoms with Crippen molar-refractivity contribution in [2.45, 2.75) is 31.3 Å². The summed E-state index contributed by atoms with van der Waals surface area (Å²) in [6.07, 6.45) is 4.94. The summed E-state index contributed by atoms with van der Waals surface area (Å²) in [5, 5.41) is 13.7. The monoisotopic (exact) mass is 394 g/mol. The Bertz CT molecular complexity index is 810. The Kier molecular flexibility index (Phi) is 5.65. The first-order valence-corrected chi connectivity index (χ1v) is 9.16. The van der Waals surface area contributed by atoms with Crippen LogP contribution in [0.4, 0.5) is 11.5 Å². The van der Waals surface area contributed by atoms with Gasteiger partial charge < -0.3 is 15.3 Å². The predicted octanol–water partition coefficient (Wildman–Crippen LogP) is 3.59. The SMILES string of the molecule is CN(c1ccc(Cl)c(C(=O)NCC2(O)CCCC2)c1)c1ccnc(Cl)n1. The zero-order valence-corrected chi connectivity index (χ0v) is 15.9. The zero-order chi connectivity index (χ0) is 18.7. The minimum Gasteiger partial charge on any atom is -0.388 e. The van der Waals surface area contributed by atoms with Gasteiger partial charge in [-0.25, -0.2) is 9.97 Å². The van der Waals surface area contributed by atoms with Gasteiger partial charge in [0.2, 0.25) is 5.28 Å². The van der Waals surface area contributed by atoms with E-state index >= 15 is 0 Å². The summed E-state index contributed by atoms with van der Waals surface area (Å²) in [5.41, 5.74) is 0.264. The average Bonchev–Trinajstić information content (AvgIpc) is 3.06. The second-order valence-electron chi connectivity index (χ2n) is 6.52. The lowest BCUT2D eigenvalue weighted by Crippen LogP contribution is -2.40. The molecule has 0 bridgehead atoms. The van der Waals surface area contributed by atoms with Gasteiger partial charge in [0.15, 0.2) is 0 Å². The number of hydrogen-bond acceptors (Lipinski definition) is 5. The molecule has 0 saturated heterocycles. The van der Waals surface area contributed by atoms with Gasteiger partial charge in [-0.3, -0.25) is 4.79 Å². The van der Waals surface area contributed by atoms with Crippen molar-refractivity contribution in [3.8, 4) is 0 Å². The molecule has 0 unspecified atom stereocenters. The highest BCUT2D eigenvalue weighted by Gasteiger charge is 2.31. The van der Waals surface area contributed by atoms with E-state index < -0.39 is 5.60 Å². The molecular formula is C18H20Cl2N4O2. The molecule has 0 aliphatic heterocycles. The Morgan fingerprint density at radius 2 is 2.04 bits per heavy atom. The molecule has 6 nitrogen and oxygen atoms in total. The Morgan fingerprint density at radius 3 is 2.73 bits per heavy atom. The van der Waals surface area contributed by atoms with E-state index in [1.165, 1.54) is 0 Å². The largest absolute Gasteiger partial charge is 0.388 e. The van der Waals surface area contributed by atoms with E-state index in [1.807, 2.05) is 7.05 Å². The second kappa shape index (κ2) is 7.78. The van der Waals surface area contributed by atoms with E-state index in [9.17, 15) is 9.90 Å². The fraction of sp³-hybridized carbons (Fsp3) is 0.389. The van der Waals surface area contributed by atoms with Crippen molar-refractivity contribution in [3.63, 3.8) is 0 Å². The lowest BCUT2D eigenvalue weighted by atomic mass is 10.0. The Labute approximate surface area is 162 Å². The van der Waals surface area contributed by atoms with E-state index in [0.717, 1.165) is 18.5 Å². The molecule has 1 aliphatic rings. The van der Waals surface area contributed by atoms with Crippen molar-refractivity contribution >= 4 is 40.6 Å². The summed E-state index contributed by atoms with van der Waals surface area (Å²) in [6, 6.07) is 6.86. The highest BCUT2D eigenvalue weighted by atomic mass is 35.5. The van der Waals surface area contributed by atoms with Gasteiger partial charge in [-0.15, -0.1) is 0 Å². The molecule has 0 spiro atoms. The molecule has 1 fully saturated rings. The van der Waals surface area contributed by atoms with Crippen molar-refractivity contribution in [1.82, 2.24) is 15.3 Å². The lowest BCUT2D eigenvalue weighted by Gasteiger charge is -2.23. The predicted molar refractivity (Wildman–Crippen MR) is 102 cm³/mol. The molecule has 26 heavy (non-hydrogen) atoms. The molecule has 1 saturated carbocycles. The minimum absolute atomic E-state index is 0.145. The number of rotatable bonds is 5. The molecule has 2 aromatic rings. The van der Waals surface area contributed by atoms with E-state index in [-0.39, 0.29) is 17.7 Å². The van der Waals surface area contributed by atoms with Crippen molar-refractivity contribution in [1.29, 1.82) is 0 Å². The van der Waals surface area contributed by atoms with Crippen LogP contribution in [-0.4, -0.2) is 40.2 Å².